The monoisotopic (exact) mass is 382 g/mol. The van der Waals surface area contributed by atoms with Crippen LogP contribution < -0.4 is 0 Å². The highest BCUT2D eigenvalue weighted by atomic mass is 19.1. The van der Waals surface area contributed by atoms with Crippen molar-refractivity contribution in [2.75, 3.05) is 19.7 Å². The highest BCUT2D eigenvalue weighted by Crippen LogP contribution is 2.43. The van der Waals surface area contributed by atoms with Gasteiger partial charge in [0, 0.05) is 24.4 Å². The molecule has 2 amide bonds. The Kier molecular flexibility index (Phi) is 4.89. The molecule has 0 bridgehead atoms. The molecule has 0 unspecified atom stereocenters. The highest BCUT2D eigenvalue weighted by Gasteiger charge is 2.54. The SMILES string of the molecule is CCC(=O)N1CC(=O)N2[C@@H](CO)[C@@H](c3ccc(-c4ccccc4F)cc3)[C@@H]2C1. The number of aliphatic hydroxyl groups is 1. The molecule has 2 fully saturated rings. The summed E-state index contributed by atoms with van der Waals surface area (Å²) in [5.41, 5.74) is 2.30. The first kappa shape index (κ1) is 18.6. The molecule has 2 heterocycles. The van der Waals surface area contributed by atoms with E-state index in [1.54, 1.807) is 34.9 Å². The molecule has 5 nitrogen and oxygen atoms in total. The second kappa shape index (κ2) is 7.36. The van der Waals surface area contributed by atoms with Crippen molar-refractivity contribution in [2.24, 2.45) is 0 Å². The topological polar surface area (TPSA) is 60.9 Å². The summed E-state index contributed by atoms with van der Waals surface area (Å²) in [6, 6.07) is 13.8. The van der Waals surface area contributed by atoms with Crippen LogP contribution in [0.25, 0.3) is 11.1 Å². The molecule has 0 spiro atoms. The maximum atomic E-state index is 14.0. The van der Waals surface area contributed by atoms with Crippen LogP contribution in [0.5, 0.6) is 0 Å². The quantitative estimate of drug-likeness (QED) is 0.883. The van der Waals surface area contributed by atoms with Crippen molar-refractivity contribution in [1.29, 1.82) is 0 Å². The summed E-state index contributed by atoms with van der Waals surface area (Å²) in [5.74, 6) is -0.466. The second-order valence-electron chi connectivity index (χ2n) is 7.37. The minimum absolute atomic E-state index is 0.0332. The van der Waals surface area contributed by atoms with Crippen LogP contribution in [-0.4, -0.2) is 58.5 Å². The summed E-state index contributed by atoms with van der Waals surface area (Å²) in [6.45, 7) is 2.23. The number of piperazine rings is 1. The lowest BCUT2D eigenvalue weighted by Crippen LogP contribution is -2.73. The van der Waals surface area contributed by atoms with Gasteiger partial charge in [0.1, 0.15) is 5.82 Å². The van der Waals surface area contributed by atoms with Gasteiger partial charge in [-0.15, -0.1) is 0 Å². The predicted molar refractivity (Wildman–Crippen MR) is 103 cm³/mol. The Morgan fingerprint density at radius 3 is 2.54 bits per heavy atom. The van der Waals surface area contributed by atoms with E-state index in [-0.39, 0.29) is 48.8 Å². The first-order valence-electron chi connectivity index (χ1n) is 9.59. The van der Waals surface area contributed by atoms with Crippen LogP contribution in [0, 0.1) is 5.82 Å². The zero-order valence-electron chi connectivity index (χ0n) is 15.7. The van der Waals surface area contributed by atoms with Crippen LogP contribution in [-0.2, 0) is 9.59 Å². The lowest BCUT2D eigenvalue weighted by Gasteiger charge is -2.58. The maximum Gasteiger partial charge on any atom is 0.242 e. The van der Waals surface area contributed by atoms with Gasteiger partial charge in [0.25, 0.3) is 0 Å². The molecule has 0 aromatic heterocycles. The molecule has 146 valence electrons. The van der Waals surface area contributed by atoms with E-state index in [1.165, 1.54) is 6.07 Å². The molecule has 1 N–H and O–H groups in total. The molecular formula is C22H23FN2O3. The molecule has 0 saturated carbocycles. The third-order valence-corrected chi connectivity index (χ3v) is 5.89. The molecule has 2 aliphatic rings. The van der Waals surface area contributed by atoms with Crippen molar-refractivity contribution >= 4 is 11.8 Å². The van der Waals surface area contributed by atoms with Gasteiger partial charge in [-0.3, -0.25) is 9.59 Å². The van der Waals surface area contributed by atoms with Crippen molar-refractivity contribution < 1.29 is 19.1 Å². The van der Waals surface area contributed by atoms with E-state index >= 15 is 0 Å². The fourth-order valence-electron chi connectivity index (χ4n) is 4.49. The molecule has 28 heavy (non-hydrogen) atoms. The molecule has 2 saturated heterocycles. The Hall–Kier alpha value is -2.73. The van der Waals surface area contributed by atoms with Gasteiger partial charge >= 0.3 is 0 Å². The fraction of sp³-hybridized carbons (Fsp3) is 0.364. The summed E-state index contributed by atoms with van der Waals surface area (Å²) >= 11 is 0. The van der Waals surface area contributed by atoms with Gasteiger partial charge in [0.2, 0.25) is 11.8 Å². The Morgan fingerprint density at radius 1 is 1.18 bits per heavy atom. The van der Waals surface area contributed by atoms with Gasteiger partial charge in [-0.05, 0) is 17.2 Å². The maximum absolute atomic E-state index is 14.0. The number of halogens is 1. The average Bonchev–Trinajstić information content (AvgIpc) is 2.70. The lowest BCUT2D eigenvalue weighted by atomic mass is 9.73. The van der Waals surface area contributed by atoms with E-state index in [2.05, 4.69) is 0 Å². The Balaban J connectivity index is 1.60. The summed E-state index contributed by atoms with van der Waals surface area (Å²) in [5, 5.41) is 9.84. The standard InChI is InChI=1S/C22H23FN2O3/c1-2-20(27)24-11-18-22(19(13-26)25(18)21(28)12-24)15-9-7-14(8-10-15)16-5-3-4-6-17(16)23/h3-10,18-19,22,26H,2,11-13H2,1H3/t18-,19-,22-/m0/s1. The number of rotatable bonds is 4. The first-order valence-corrected chi connectivity index (χ1v) is 9.59. The van der Waals surface area contributed by atoms with Crippen LogP contribution in [0.4, 0.5) is 4.39 Å². The highest BCUT2D eigenvalue weighted by molar-refractivity contribution is 5.87. The van der Waals surface area contributed by atoms with Gasteiger partial charge in [-0.1, -0.05) is 49.4 Å². The first-order chi connectivity index (χ1) is 13.5. The Bertz CT molecular complexity index is 899. The molecule has 0 aliphatic carbocycles. The van der Waals surface area contributed by atoms with Crippen LogP contribution in [0.3, 0.4) is 0 Å². The lowest BCUT2D eigenvalue weighted by molar-refractivity contribution is -0.166. The average molecular weight is 382 g/mol. The number of hydrogen-bond donors (Lipinski definition) is 1. The molecule has 0 radical (unpaired) electrons. The van der Waals surface area contributed by atoms with E-state index in [1.807, 2.05) is 24.3 Å². The van der Waals surface area contributed by atoms with Gasteiger partial charge in [0.15, 0.2) is 0 Å². The minimum Gasteiger partial charge on any atom is -0.394 e. The molecule has 2 aromatic carbocycles. The Morgan fingerprint density at radius 2 is 1.89 bits per heavy atom. The summed E-state index contributed by atoms with van der Waals surface area (Å²) in [4.78, 5) is 27.9. The number of fused-ring (bicyclic) bond motifs is 1. The Labute approximate surface area is 163 Å². The molecule has 2 aromatic rings. The van der Waals surface area contributed by atoms with Gasteiger partial charge < -0.3 is 14.9 Å². The van der Waals surface area contributed by atoms with Crippen molar-refractivity contribution in [3.63, 3.8) is 0 Å². The van der Waals surface area contributed by atoms with Gasteiger partial charge in [0.05, 0.1) is 25.2 Å². The normalized spacial score (nSPS) is 24.0. The molecule has 2 aliphatic heterocycles. The number of carbonyl (C=O) groups excluding carboxylic acids is 2. The predicted octanol–water partition coefficient (Wildman–Crippen LogP) is 2.40. The van der Waals surface area contributed by atoms with Gasteiger partial charge in [-0.25, -0.2) is 4.39 Å². The minimum atomic E-state index is -0.282. The van der Waals surface area contributed by atoms with Crippen molar-refractivity contribution in [3.05, 3.63) is 59.9 Å². The second-order valence-corrected chi connectivity index (χ2v) is 7.37. The fourth-order valence-corrected chi connectivity index (χ4v) is 4.49. The van der Waals surface area contributed by atoms with Crippen molar-refractivity contribution in [2.45, 2.75) is 31.3 Å². The van der Waals surface area contributed by atoms with Crippen molar-refractivity contribution in [3.8, 4) is 11.1 Å². The van der Waals surface area contributed by atoms with E-state index in [0.717, 1.165) is 11.1 Å². The van der Waals surface area contributed by atoms with Crippen LogP contribution in [0.1, 0.15) is 24.8 Å². The smallest absolute Gasteiger partial charge is 0.242 e. The van der Waals surface area contributed by atoms with Crippen LogP contribution in [0.2, 0.25) is 0 Å². The van der Waals surface area contributed by atoms with E-state index in [9.17, 15) is 19.1 Å². The van der Waals surface area contributed by atoms with Crippen LogP contribution in [0.15, 0.2) is 48.5 Å². The molecular weight excluding hydrogens is 359 g/mol. The molecule has 3 atom stereocenters. The summed E-state index contributed by atoms with van der Waals surface area (Å²) in [6.07, 6.45) is 0.366. The summed E-state index contributed by atoms with van der Waals surface area (Å²) < 4.78 is 14.0. The van der Waals surface area contributed by atoms with E-state index in [0.29, 0.717) is 18.5 Å². The number of aliphatic hydroxyl groups excluding tert-OH is 1. The zero-order chi connectivity index (χ0) is 19.8. The third kappa shape index (κ3) is 2.98. The number of nitrogens with zero attached hydrogens (tertiary/aromatic N) is 2. The zero-order valence-corrected chi connectivity index (χ0v) is 15.7. The van der Waals surface area contributed by atoms with E-state index in [4.69, 9.17) is 0 Å². The molecule has 4 rings (SSSR count). The van der Waals surface area contributed by atoms with Crippen molar-refractivity contribution in [1.82, 2.24) is 9.80 Å². The van der Waals surface area contributed by atoms with Crippen LogP contribution >= 0.6 is 0 Å². The molecule has 6 heteroatoms. The van der Waals surface area contributed by atoms with E-state index < -0.39 is 0 Å². The number of carbonyl (C=O) groups is 2. The third-order valence-electron chi connectivity index (χ3n) is 5.89. The van der Waals surface area contributed by atoms with Gasteiger partial charge in [-0.2, -0.15) is 0 Å². The number of hydrogen-bond acceptors (Lipinski definition) is 3. The largest absolute Gasteiger partial charge is 0.394 e. The summed E-state index contributed by atoms with van der Waals surface area (Å²) in [7, 11) is 0. The number of amides is 2. The number of benzene rings is 2.